The molecule has 1 aliphatic heterocycles. The molecule has 1 atom stereocenters. The number of hydrogen-bond acceptors (Lipinski definition) is 4. The summed E-state index contributed by atoms with van der Waals surface area (Å²) >= 11 is 4.59. The molecule has 0 aliphatic carbocycles. The number of carboxylic acid groups (broad SMARTS) is 1. The number of carbonyl (C=O) groups is 3. The molecule has 0 bridgehead atoms. The Labute approximate surface area is 115 Å². The van der Waals surface area contributed by atoms with Crippen LogP contribution < -0.4 is 5.32 Å². The van der Waals surface area contributed by atoms with Gasteiger partial charge in [0.25, 0.3) is 5.91 Å². The fourth-order valence-electron chi connectivity index (χ4n) is 1.72. The average molecular weight is 333 g/mol. The first-order valence-electron chi connectivity index (χ1n) is 4.95. The molecule has 6 nitrogen and oxygen atoms in total. The number of urea groups is 1. The van der Waals surface area contributed by atoms with Gasteiger partial charge in [0, 0.05) is 14.7 Å². The second kappa shape index (κ2) is 4.36. The van der Waals surface area contributed by atoms with Gasteiger partial charge in [-0.2, -0.15) is 0 Å². The highest BCUT2D eigenvalue weighted by Gasteiger charge is 2.50. The standard InChI is InChI=1S/C10H9BrN2O4S/c1-10(6-2-5(11)4-18-6)8(16)13(3-7(14)15)9(17)12-10/h2,4H,3H2,1H3,(H,12,17)(H,14,15). The number of carbonyl (C=O) groups excluding carboxylic acids is 2. The zero-order valence-electron chi connectivity index (χ0n) is 9.27. The number of nitrogens with zero attached hydrogens (tertiary/aromatic N) is 1. The maximum Gasteiger partial charge on any atom is 0.325 e. The van der Waals surface area contributed by atoms with Crippen LogP contribution in [0.15, 0.2) is 15.9 Å². The van der Waals surface area contributed by atoms with E-state index in [0.717, 1.165) is 4.47 Å². The van der Waals surface area contributed by atoms with Crippen LogP contribution in [-0.2, 0) is 15.1 Å². The molecule has 1 aromatic heterocycles. The summed E-state index contributed by atoms with van der Waals surface area (Å²) in [6.07, 6.45) is 0. The lowest BCUT2D eigenvalue weighted by Crippen LogP contribution is -2.40. The Hall–Kier alpha value is -1.41. The van der Waals surface area contributed by atoms with Gasteiger partial charge in [-0.15, -0.1) is 11.3 Å². The summed E-state index contributed by atoms with van der Waals surface area (Å²) in [5.74, 6) is -1.78. The van der Waals surface area contributed by atoms with Crippen molar-refractivity contribution in [1.82, 2.24) is 10.2 Å². The SMILES string of the molecule is CC1(c2cc(Br)cs2)NC(=O)N(CC(=O)O)C1=O. The summed E-state index contributed by atoms with van der Waals surface area (Å²) in [6, 6.07) is 1.04. The van der Waals surface area contributed by atoms with Gasteiger partial charge in [0.15, 0.2) is 5.54 Å². The molecule has 1 unspecified atom stereocenters. The summed E-state index contributed by atoms with van der Waals surface area (Å²) in [5.41, 5.74) is -1.19. The van der Waals surface area contributed by atoms with Crippen LogP contribution in [0.1, 0.15) is 11.8 Å². The van der Waals surface area contributed by atoms with Gasteiger partial charge in [0.2, 0.25) is 0 Å². The lowest BCUT2D eigenvalue weighted by Gasteiger charge is -2.19. The van der Waals surface area contributed by atoms with Crippen LogP contribution in [0.5, 0.6) is 0 Å². The predicted octanol–water partition coefficient (Wildman–Crippen LogP) is 1.36. The molecule has 1 saturated heterocycles. The molecule has 1 aromatic rings. The maximum atomic E-state index is 12.2. The molecule has 0 aromatic carbocycles. The molecule has 96 valence electrons. The third-order valence-electron chi connectivity index (χ3n) is 2.63. The molecular weight excluding hydrogens is 324 g/mol. The summed E-state index contributed by atoms with van der Waals surface area (Å²) in [7, 11) is 0. The summed E-state index contributed by atoms with van der Waals surface area (Å²) in [5, 5.41) is 13.0. The second-order valence-electron chi connectivity index (χ2n) is 3.97. The molecule has 8 heteroatoms. The molecule has 2 heterocycles. The highest BCUT2D eigenvalue weighted by molar-refractivity contribution is 9.10. The number of amides is 3. The number of rotatable bonds is 3. The number of imide groups is 1. The molecule has 1 aliphatic rings. The molecule has 0 saturated carbocycles. The number of carboxylic acids is 1. The van der Waals surface area contributed by atoms with Gasteiger partial charge >= 0.3 is 12.0 Å². The van der Waals surface area contributed by atoms with Crippen LogP contribution in [0.3, 0.4) is 0 Å². The first-order chi connectivity index (χ1) is 8.34. The number of hydrogen-bond donors (Lipinski definition) is 2. The zero-order chi connectivity index (χ0) is 13.5. The van der Waals surface area contributed by atoms with Crippen LogP contribution in [0, 0.1) is 0 Å². The van der Waals surface area contributed by atoms with Gasteiger partial charge in [-0.3, -0.25) is 14.5 Å². The third kappa shape index (κ3) is 2.01. The first-order valence-corrected chi connectivity index (χ1v) is 6.62. The number of halogens is 1. The Bertz CT molecular complexity index is 544. The van der Waals surface area contributed by atoms with Crippen molar-refractivity contribution in [3.05, 3.63) is 20.8 Å². The number of thiophene rings is 1. The highest BCUT2D eigenvalue weighted by atomic mass is 79.9. The van der Waals surface area contributed by atoms with Crippen LogP contribution in [0.25, 0.3) is 0 Å². The predicted molar refractivity (Wildman–Crippen MR) is 67.3 cm³/mol. The van der Waals surface area contributed by atoms with E-state index in [0.29, 0.717) is 9.78 Å². The van der Waals surface area contributed by atoms with E-state index in [4.69, 9.17) is 5.11 Å². The van der Waals surface area contributed by atoms with Crippen molar-refractivity contribution in [3.63, 3.8) is 0 Å². The van der Waals surface area contributed by atoms with Crippen LogP contribution in [0.2, 0.25) is 0 Å². The van der Waals surface area contributed by atoms with Crippen molar-refractivity contribution < 1.29 is 19.5 Å². The Kier molecular flexibility index (Phi) is 3.16. The first kappa shape index (κ1) is 13.0. The molecule has 18 heavy (non-hydrogen) atoms. The van der Waals surface area contributed by atoms with Gasteiger partial charge in [-0.05, 0) is 28.9 Å². The topological polar surface area (TPSA) is 86.7 Å². The third-order valence-corrected chi connectivity index (χ3v) is 4.54. The molecule has 1 fully saturated rings. The normalized spacial score (nSPS) is 23.3. The largest absolute Gasteiger partial charge is 0.480 e. The lowest BCUT2D eigenvalue weighted by atomic mass is 10.0. The minimum atomic E-state index is -1.23. The van der Waals surface area contributed by atoms with Gasteiger partial charge < -0.3 is 10.4 Å². The lowest BCUT2D eigenvalue weighted by molar-refractivity contribution is -0.142. The van der Waals surface area contributed by atoms with E-state index >= 15 is 0 Å². The van der Waals surface area contributed by atoms with Gasteiger partial charge in [0.05, 0.1) is 0 Å². The van der Waals surface area contributed by atoms with Crippen molar-refractivity contribution in [1.29, 1.82) is 0 Å². The monoisotopic (exact) mass is 332 g/mol. The Morgan fingerprint density at radius 1 is 1.61 bits per heavy atom. The quantitative estimate of drug-likeness (QED) is 0.818. The van der Waals surface area contributed by atoms with E-state index in [1.165, 1.54) is 11.3 Å². The molecule has 3 amide bonds. The van der Waals surface area contributed by atoms with E-state index in [1.807, 2.05) is 0 Å². The fourth-order valence-corrected chi connectivity index (χ4v) is 3.26. The van der Waals surface area contributed by atoms with Crippen molar-refractivity contribution in [3.8, 4) is 0 Å². The Morgan fingerprint density at radius 3 is 2.78 bits per heavy atom. The van der Waals surface area contributed by atoms with E-state index in [2.05, 4.69) is 21.2 Å². The van der Waals surface area contributed by atoms with Crippen molar-refractivity contribution in [2.45, 2.75) is 12.5 Å². The highest BCUT2D eigenvalue weighted by Crippen LogP contribution is 2.34. The van der Waals surface area contributed by atoms with Crippen LogP contribution >= 0.6 is 27.3 Å². The summed E-state index contributed by atoms with van der Waals surface area (Å²) < 4.78 is 0.808. The zero-order valence-corrected chi connectivity index (χ0v) is 11.7. The molecular formula is C10H9BrN2O4S. The van der Waals surface area contributed by atoms with Crippen molar-refractivity contribution in [2.75, 3.05) is 6.54 Å². The Morgan fingerprint density at radius 2 is 2.28 bits per heavy atom. The van der Waals surface area contributed by atoms with Gasteiger partial charge in [-0.25, -0.2) is 4.79 Å². The molecule has 2 rings (SSSR count). The molecule has 0 radical (unpaired) electrons. The van der Waals surface area contributed by atoms with E-state index < -0.39 is 30.0 Å². The van der Waals surface area contributed by atoms with Crippen LogP contribution in [-0.4, -0.2) is 34.5 Å². The summed E-state index contributed by atoms with van der Waals surface area (Å²) in [6.45, 7) is 0.931. The number of nitrogens with one attached hydrogen (secondary N) is 1. The fraction of sp³-hybridized carbons (Fsp3) is 0.300. The molecule has 2 N–H and O–H groups in total. The Balaban J connectivity index is 2.34. The smallest absolute Gasteiger partial charge is 0.325 e. The van der Waals surface area contributed by atoms with Gasteiger partial charge in [0.1, 0.15) is 6.54 Å². The minimum absolute atomic E-state index is 0.552. The van der Waals surface area contributed by atoms with Crippen molar-refractivity contribution in [2.24, 2.45) is 0 Å². The van der Waals surface area contributed by atoms with E-state index in [-0.39, 0.29) is 0 Å². The minimum Gasteiger partial charge on any atom is -0.480 e. The average Bonchev–Trinajstić information content (AvgIpc) is 2.78. The van der Waals surface area contributed by atoms with Gasteiger partial charge in [-0.1, -0.05) is 0 Å². The number of aliphatic carboxylic acids is 1. The van der Waals surface area contributed by atoms with E-state index in [1.54, 1.807) is 18.4 Å². The van der Waals surface area contributed by atoms with E-state index in [9.17, 15) is 14.4 Å². The van der Waals surface area contributed by atoms with Crippen LogP contribution in [0.4, 0.5) is 4.79 Å². The molecule has 0 spiro atoms. The second-order valence-corrected chi connectivity index (χ2v) is 5.80. The maximum absolute atomic E-state index is 12.2. The van der Waals surface area contributed by atoms with Crippen molar-refractivity contribution >= 4 is 45.2 Å². The summed E-state index contributed by atoms with van der Waals surface area (Å²) in [4.78, 5) is 35.8.